The van der Waals surface area contributed by atoms with Crippen LogP contribution in [0.4, 0.5) is 0 Å². The molecule has 1 aliphatic carbocycles. The largest absolute Gasteiger partial charge is 0.481 e. The molecular formula is C16H18ClN3O3. The molecule has 3 rings (SSSR count). The van der Waals surface area contributed by atoms with Crippen molar-refractivity contribution < 1.29 is 14.7 Å². The van der Waals surface area contributed by atoms with E-state index in [-0.39, 0.29) is 18.4 Å². The predicted molar refractivity (Wildman–Crippen MR) is 86.0 cm³/mol. The quantitative estimate of drug-likeness (QED) is 0.898. The monoisotopic (exact) mass is 335 g/mol. The molecule has 122 valence electrons. The van der Waals surface area contributed by atoms with Gasteiger partial charge in [0.15, 0.2) is 0 Å². The number of amides is 1. The second kappa shape index (κ2) is 6.20. The summed E-state index contributed by atoms with van der Waals surface area (Å²) in [5, 5.41) is 17.7. The number of hydrogen-bond acceptors (Lipinski definition) is 3. The van der Waals surface area contributed by atoms with E-state index in [1.54, 1.807) is 10.7 Å². The van der Waals surface area contributed by atoms with Gasteiger partial charge in [-0.2, -0.15) is 5.10 Å². The van der Waals surface area contributed by atoms with Crippen molar-refractivity contribution in [2.75, 3.05) is 0 Å². The van der Waals surface area contributed by atoms with E-state index in [1.165, 1.54) is 0 Å². The van der Waals surface area contributed by atoms with E-state index in [9.17, 15) is 9.59 Å². The molecule has 2 aromatic rings. The van der Waals surface area contributed by atoms with Crippen molar-refractivity contribution in [2.24, 2.45) is 18.9 Å². The van der Waals surface area contributed by atoms with Gasteiger partial charge in [-0.05, 0) is 31.4 Å². The number of carboxylic acids is 1. The fourth-order valence-electron chi connectivity index (χ4n) is 3.24. The molecule has 1 aromatic heterocycles. The van der Waals surface area contributed by atoms with Crippen molar-refractivity contribution in [1.29, 1.82) is 0 Å². The van der Waals surface area contributed by atoms with Crippen LogP contribution in [0.5, 0.6) is 0 Å². The van der Waals surface area contributed by atoms with E-state index < -0.39 is 11.9 Å². The number of carbonyl (C=O) groups is 2. The van der Waals surface area contributed by atoms with E-state index in [0.717, 1.165) is 10.9 Å². The van der Waals surface area contributed by atoms with Gasteiger partial charge in [-0.15, -0.1) is 0 Å². The highest BCUT2D eigenvalue weighted by Gasteiger charge is 2.33. The average molecular weight is 336 g/mol. The zero-order valence-corrected chi connectivity index (χ0v) is 13.5. The zero-order valence-electron chi connectivity index (χ0n) is 12.8. The first-order valence-electron chi connectivity index (χ1n) is 7.58. The van der Waals surface area contributed by atoms with Gasteiger partial charge in [0.1, 0.15) is 0 Å². The molecule has 1 heterocycles. The maximum Gasteiger partial charge on any atom is 0.306 e. The molecule has 6 nitrogen and oxygen atoms in total. The molecule has 2 N–H and O–H groups in total. The van der Waals surface area contributed by atoms with Crippen LogP contribution >= 0.6 is 11.6 Å². The number of aromatic nitrogens is 2. The summed E-state index contributed by atoms with van der Waals surface area (Å²) >= 11 is 6.24. The van der Waals surface area contributed by atoms with E-state index in [0.29, 0.717) is 30.0 Å². The zero-order chi connectivity index (χ0) is 16.6. The molecule has 0 aliphatic heterocycles. The number of hydrogen-bond donors (Lipinski definition) is 2. The molecule has 1 aromatic carbocycles. The maximum absolute atomic E-state index is 12.2. The number of carboxylic acid groups (broad SMARTS) is 1. The standard InChI is InChI=1S/C16H18ClN3O3/c1-20-13-4-2-3-11(17)14(13)12(19-20)8-18-15(21)9-5-6-10(7-9)16(22)23/h2-4,9-10H,5-8H2,1H3,(H,18,21)(H,22,23)/t9-,10+/m0/s1. The molecule has 0 spiro atoms. The van der Waals surface area contributed by atoms with Gasteiger partial charge in [-0.3, -0.25) is 14.3 Å². The van der Waals surface area contributed by atoms with Crippen LogP contribution in [0.1, 0.15) is 25.0 Å². The van der Waals surface area contributed by atoms with Crippen LogP contribution in [0, 0.1) is 11.8 Å². The molecule has 1 amide bonds. The summed E-state index contributed by atoms with van der Waals surface area (Å²) in [6.45, 7) is 0.286. The minimum Gasteiger partial charge on any atom is -0.481 e. The molecule has 7 heteroatoms. The number of carbonyl (C=O) groups excluding carboxylic acids is 1. The number of rotatable bonds is 4. The van der Waals surface area contributed by atoms with Crippen molar-refractivity contribution in [3.05, 3.63) is 28.9 Å². The molecule has 0 saturated heterocycles. The normalized spacial score (nSPS) is 20.8. The fraction of sp³-hybridized carbons (Fsp3) is 0.438. The lowest BCUT2D eigenvalue weighted by Crippen LogP contribution is -2.29. The Balaban J connectivity index is 1.70. The lowest BCUT2D eigenvalue weighted by Gasteiger charge is -2.10. The summed E-state index contributed by atoms with van der Waals surface area (Å²) in [5.74, 6) is -1.57. The number of nitrogens with zero attached hydrogens (tertiary/aromatic N) is 2. The summed E-state index contributed by atoms with van der Waals surface area (Å²) in [6, 6.07) is 5.58. The van der Waals surface area contributed by atoms with Crippen molar-refractivity contribution in [3.63, 3.8) is 0 Å². The number of nitrogens with one attached hydrogen (secondary N) is 1. The topological polar surface area (TPSA) is 84.2 Å². The summed E-state index contributed by atoms with van der Waals surface area (Å²) in [6.07, 6.45) is 1.59. The van der Waals surface area contributed by atoms with Gasteiger partial charge in [0, 0.05) is 18.4 Å². The second-order valence-corrected chi connectivity index (χ2v) is 6.37. The van der Waals surface area contributed by atoms with Crippen molar-refractivity contribution in [2.45, 2.75) is 25.8 Å². The minimum atomic E-state index is -0.817. The maximum atomic E-state index is 12.2. The third-order valence-electron chi connectivity index (χ3n) is 4.48. The van der Waals surface area contributed by atoms with Crippen LogP contribution in [-0.4, -0.2) is 26.8 Å². The number of aryl methyl sites for hydroxylation is 1. The van der Waals surface area contributed by atoms with E-state index in [1.807, 2.05) is 19.2 Å². The van der Waals surface area contributed by atoms with Crippen LogP contribution in [0.3, 0.4) is 0 Å². The van der Waals surface area contributed by atoms with Gasteiger partial charge in [0.05, 0.1) is 28.7 Å². The molecule has 1 saturated carbocycles. The van der Waals surface area contributed by atoms with E-state index in [4.69, 9.17) is 16.7 Å². The Morgan fingerprint density at radius 1 is 1.39 bits per heavy atom. The predicted octanol–water partition coefficient (Wildman–Crippen LogP) is 2.34. The summed E-state index contributed by atoms with van der Waals surface area (Å²) < 4.78 is 1.73. The average Bonchev–Trinajstić information content (AvgIpc) is 3.11. The molecule has 0 unspecified atom stereocenters. The van der Waals surface area contributed by atoms with Gasteiger partial charge in [0.25, 0.3) is 0 Å². The Morgan fingerprint density at radius 3 is 2.83 bits per heavy atom. The first-order valence-corrected chi connectivity index (χ1v) is 7.95. The Morgan fingerprint density at radius 2 is 2.13 bits per heavy atom. The van der Waals surface area contributed by atoms with Gasteiger partial charge in [0.2, 0.25) is 5.91 Å². The van der Waals surface area contributed by atoms with Gasteiger partial charge >= 0.3 is 5.97 Å². The second-order valence-electron chi connectivity index (χ2n) is 5.97. The SMILES string of the molecule is Cn1nc(CNC(=O)[C@H]2CC[C@@H](C(=O)O)C2)c2c(Cl)cccc21. The Kier molecular flexibility index (Phi) is 4.26. The highest BCUT2D eigenvalue weighted by molar-refractivity contribution is 6.35. The molecule has 2 atom stereocenters. The first kappa shape index (κ1) is 15.8. The Hall–Kier alpha value is -2.08. The summed E-state index contributed by atoms with van der Waals surface area (Å²) in [7, 11) is 1.83. The van der Waals surface area contributed by atoms with Crippen LogP contribution < -0.4 is 5.32 Å². The summed E-state index contributed by atoms with van der Waals surface area (Å²) in [4.78, 5) is 23.2. The van der Waals surface area contributed by atoms with Crippen LogP contribution in [0.2, 0.25) is 5.02 Å². The lowest BCUT2D eigenvalue weighted by atomic mass is 10.0. The smallest absolute Gasteiger partial charge is 0.306 e. The van der Waals surface area contributed by atoms with Gasteiger partial charge < -0.3 is 10.4 Å². The number of halogens is 1. The highest BCUT2D eigenvalue weighted by Crippen LogP contribution is 2.31. The number of aliphatic carboxylic acids is 1. The third-order valence-corrected chi connectivity index (χ3v) is 4.80. The Bertz CT molecular complexity index is 771. The van der Waals surface area contributed by atoms with Crippen LogP contribution in [0.15, 0.2) is 18.2 Å². The van der Waals surface area contributed by atoms with Crippen molar-refractivity contribution >= 4 is 34.4 Å². The number of fused-ring (bicyclic) bond motifs is 1. The third kappa shape index (κ3) is 3.03. The minimum absolute atomic E-state index is 0.111. The molecule has 1 aliphatic rings. The van der Waals surface area contributed by atoms with E-state index in [2.05, 4.69) is 10.4 Å². The Labute approximate surface area is 138 Å². The fourth-order valence-corrected chi connectivity index (χ4v) is 3.51. The van der Waals surface area contributed by atoms with Crippen LogP contribution in [0.25, 0.3) is 10.9 Å². The molecule has 0 bridgehead atoms. The highest BCUT2D eigenvalue weighted by atomic mass is 35.5. The molecule has 0 radical (unpaired) electrons. The molecule has 1 fully saturated rings. The van der Waals surface area contributed by atoms with E-state index >= 15 is 0 Å². The van der Waals surface area contributed by atoms with Gasteiger partial charge in [-0.25, -0.2) is 0 Å². The van der Waals surface area contributed by atoms with Crippen LogP contribution in [-0.2, 0) is 23.2 Å². The number of benzene rings is 1. The summed E-state index contributed by atoms with van der Waals surface area (Å²) in [5.41, 5.74) is 1.63. The van der Waals surface area contributed by atoms with Crippen molar-refractivity contribution in [1.82, 2.24) is 15.1 Å². The molecule has 23 heavy (non-hydrogen) atoms. The first-order chi connectivity index (χ1) is 11.0. The lowest BCUT2D eigenvalue weighted by molar-refractivity contribution is -0.141. The van der Waals surface area contributed by atoms with Gasteiger partial charge in [-0.1, -0.05) is 17.7 Å². The molecular weight excluding hydrogens is 318 g/mol. The van der Waals surface area contributed by atoms with Crippen molar-refractivity contribution in [3.8, 4) is 0 Å².